The second kappa shape index (κ2) is 3.84. The Balaban J connectivity index is 2.49. The molecule has 2 N–H and O–H groups in total. The van der Waals surface area contributed by atoms with Crippen LogP contribution < -0.4 is 5.73 Å². The van der Waals surface area contributed by atoms with Crippen molar-refractivity contribution in [3.63, 3.8) is 0 Å². The smallest absolute Gasteiger partial charge is 0.165 e. The van der Waals surface area contributed by atoms with Gasteiger partial charge in [-0.25, -0.2) is 15.0 Å². The fraction of sp³-hybridized carbons (Fsp3) is 0.500. The Morgan fingerprint density at radius 3 is 2.87 bits per heavy atom. The molecule has 0 saturated carbocycles. The number of aryl methyl sites for hydroxylation is 2. The van der Waals surface area contributed by atoms with Crippen molar-refractivity contribution in [3.05, 3.63) is 12.2 Å². The van der Waals surface area contributed by atoms with Crippen LogP contribution in [-0.2, 0) is 13.5 Å². The molecule has 2 heterocycles. The van der Waals surface area contributed by atoms with E-state index in [1.165, 1.54) is 6.33 Å². The van der Waals surface area contributed by atoms with Gasteiger partial charge in [0.05, 0.1) is 0 Å². The van der Waals surface area contributed by atoms with Gasteiger partial charge < -0.3 is 10.3 Å². The second-order valence-electron chi connectivity index (χ2n) is 3.62. The van der Waals surface area contributed by atoms with Crippen molar-refractivity contribution < 1.29 is 0 Å². The highest BCUT2D eigenvalue weighted by Gasteiger charge is 2.10. The number of rotatable bonds is 3. The molecule has 5 nitrogen and oxygen atoms in total. The minimum Gasteiger partial charge on any atom is -0.382 e. The van der Waals surface area contributed by atoms with Crippen LogP contribution in [-0.4, -0.2) is 19.5 Å². The number of nitrogens with two attached hydrogens (primary N) is 1. The first kappa shape index (κ1) is 9.89. The van der Waals surface area contributed by atoms with Gasteiger partial charge in [-0.2, -0.15) is 0 Å². The van der Waals surface area contributed by atoms with Crippen molar-refractivity contribution in [2.45, 2.75) is 26.2 Å². The Morgan fingerprint density at radius 1 is 1.40 bits per heavy atom. The SMILES string of the molecule is CCCCc1nc2c(N)ncnc2n1C. The summed E-state index contributed by atoms with van der Waals surface area (Å²) in [5.74, 6) is 1.48. The number of fused-ring (bicyclic) bond motifs is 1. The molecule has 5 heteroatoms. The summed E-state index contributed by atoms with van der Waals surface area (Å²) in [5.41, 5.74) is 7.27. The molecular formula is C10H15N5. The Kier molecular flexibility index (Phi) is 2.53. The predicted octanol–water partition coefficient (Wildman–Crippen LogP) is 1.29. The predicted molar refractivity (Wildman–Crippen MR) is 59.3 cm³/mol. The zero-order chi connectivity index (χ0) is 10.8. The minimum atomic E-state index is 0.457. The highest BCUT2D eigenvalue weighted by Crippen LogP contribution is 2.17. The summed E-state index contributed by atoms with van der Waals surface area (Å²) in [5, 5.41) is 0. The van der Waals surface area contributed by atoms with Gasteiger partial charge in [0.1, 0.15) is 12.2 Å². The molecule has 0 radical (unpaired) electrons. The molecule has 0 aliphatic heterocycles. The Bertz CT molecular complexity index is 474. The number of aromatic nitrogens is 4. The molecule has 0 atom stereocenters. The van der Waals surface area contributed by atoms with E-state index in [-0.39, 0.29) is 0 Å². The van der Waals surface area contributed by atoms with Gasteiger partial charge in [0.15, 0.2) is 17.0 Å². The van der Waals surface area contributed by atoms with Gasteiger partial charge in [-0.3, -0.25) is 0 Å². The molecule has 2 rings (SSSR count). The average molecular weight is 205 g/mol. The van der Waals surface area contributed by atoms with Gasteiger partial charge >= 0.3 is 0 Å². The molecule has 0 amide bonds. The van der Waals surface area contributed by atoms with Crippen molar-refractivity contribution in [2.24, 2.45) is 7.05 Å². The van der Waals surface area contributed by atoms with Gasteiger partial charge in [-0.1, -0.05) is 13.3 Å². The van der Waals surface area contributed by atoms with Crippen LogP contribution in [0.25, 0.3) is 11.2 Å². The van der Waals surface area contributed by atoms with Crippen LogP contribution in [0, 0.1) is 0 Å². The lowest BCUT2D eigenvalue weighted by molar-refractivity contribution is 0.718. The van der Waals surface area contributed by atoms with Crippen LogP contribution in [0.3, 0.4) is 0 Å². The van der Waals surface area contributed by atoms with Crippen molar-refractivity contribution in [1.82, 2.24) is 19.5 Å². The summed E-state index contributed by atoms with van der Waals surface area (Å²) in [6, 6.07) is 0. The first-order chi connectivity index (χ1) is 7.24. The summed E-state index contributed by atoms with van der Waals surface area (Å²) in [7, 11) is 1.97. The fourth-order valence-electron chi connectivity index (χ4n) is 1.62. The molecule has 0 spiro atoms. The second-order valence-corrected chi connectivity index (χ2v) is 3.62. The largest absolute Gasteiger partial charge is 0.382 e. The van der Waals surface area contributed by atoms with E-state index in [1.807, 2.05) is 11.6 Å². The monoisotopic (exact) mass is 205 g/mol. The number of hydrogen-bond donors (Lipinski definition) is 1. The maximum atomic E-state index is 5.74. The quantitative estimate of drug-likeness (QED) is 0.819. The molecule has 0 aliphatic carbocycles. The summed E-state index contributed by atoms with van der Waals surface area (Å²) >= 11 is 0. The van der Waals surface area contributed by atoms with E-state index in [9.17, 15) is 0 Å². The number of imidazole rings is 1. The summed E-state index contributed by atoms with van der Waals surface area (Å²) in [6.45, 7) is 2.16. The maximum absolute atomic E-state index is 5.74. The highest BCUT2D eigenvalue weighted by atomic mass is 15.1. The number of nitrogen functional groups attached to an aromatic ring is 1. The van der Waals surface area contributed by atoms with E-state index >= 15 is 0 Å². The van der Waals surface area contributed by atoms with Gasteiger partial charge in [-0.05, 0) is 6.42 Å². The Morgan fingerprint density at radius 2 is 2.20 bits per heavy atom. The van der Waals surface area contributed by atoms with Crippen LogP contribution in [0.5, 0.6) is 0 Å². The molecule has 0 aliphatic rings. The zero-order valence-electron chi connectivity index (χ0n) is 9.06. The number of unbranched alkanes of at least 4 members (excludes halogenated alkanes) is 1. The normalized spacial score (nSPS) is 11.1. The van der Waals surface area contributed by atoms with E-state index in [0.717, 1.165) is 30.7 Å². The topological polar surface area (TPSA) is 69.6 Å². The minimum absolute atomic E-state index is 0.457. The van der Waals surface area contributed by atoms with Crippen LogP contribution in [0.15, 0.2) is 6.33 Å². The molecule has 0 saturated heterocycles. The first-order valence-electron chi connectivity index (χ1n) is 5.15. The maximum Gasteiger partial charge on any atom is 0.165 e. The summed E-state index contributed by atoms with van der Waals surface area (Å²) in [4.78, 5) is 12.6. The molecule has 15 heavy (non-hydrogen) atoms. The lowest BCUT2D eigenvalue weighted by atomic mass is 10.2. The van der Waals surface area contributed by atoms with Crippen LogP contribution in [0.1, 0.15) is 25.6 Å². The third-order valence-corrected chi connectivity index (χ3v) is 2.53. The van der Waals surface area contributed by atoms with Crippen molar-refractivity contribution in [1.29, 1.82) is 0 Å². The Labute approximate surface area is 88.4 Å². The fourth-order valence-corrected chi connectivity index (χ4v) is 1.62. The van der Waals surface area contributed by atoms with Gasteiger partial charge in [0.25, 0.3) is 0 Å². The van der Waals surface area contributed by atoms with Gasteiger partial charge in [0, 0.05) is 13.5 Å². The first-order valence-corrected chi connectivity index (χ1v) is 5.15. The lowest BCUT2D eigenvalue weighted by Gasteiger charge is -1.99. The van der Waals surface area contributed by atoms with E-state index in [4.69, 9.17) is 5.73 Å². The Hall–Kier alpha value is -1.65. The van der Waals surface area contributed by atoms with Gasteiger partial charge in [0.2, 0.25) is 0 Å². The zero-order valence-corrected chi connectivity index (χ0v) is 9.06. The standard InChI is InChI=1S/C10H15N5/c1-3-4-5-7-14-8-9(11)12-6-13-10(8)15(7)2/h6H,3-5H2,1-2H3,(H2,11,12,13). The van der Waals surface area contributed by atoms with Crippen molar-refractivity contribution in [3.8, 4) is 0 Å². The molecule has 0 bridgehead atoms. The van der Waals surface area contributed by atoms with E-state index in [2.05, 4.69) is 21.9 Å². The summed E-state index contributed by atoms with van der Waals surface area (Å²) < 4.78 is 1.99. The van der Waals surface area contributed by atoms with E-state index < -0.39 is 0 Å². The molecule has 80 valence electrons. The van der Waals surface area contributed by atoms with E-state index in [0.29, 0.717) is 11.3 Å². The molecule has 2 aromatic heterocycles. The number of nitrogens with zero attached hydrogens (tertiary/aromatic N) is 4. The van der Waals surface area contributed by atoms with Gasteiger partial charge in [-0.15, -0.1) is 0 Å². The third-order valence-electron chi connectivity index (χ3n) is 2.53. The van der Waals surface area contributed by atoms with Crippen molar-refractivity contribution >= 4 is 17.0 Å². The average Bonchev–Trinajstić information content (AvgIpc) is 2.55. The molecule has 0 fully saturated rings. The lowest BCUT2D eigenvalue weighted by Crippen LogP contribution is -1.98. The van der Waals surface area contributed by atoms with Crippen LogP contribution >= 0.6 is 0 Å². The van der Waals surface area contributed by atoms with Crippen LogP contribution in [0.2, 0.25) is 0 Å². The number of hydrogen-bond acceptors (Lipinski definition) is 4. The molecular weight excluding hydrogens is 190 g/mol. The molecule has 0 unspecified atom stereocenters. The van der Waals surface area contributed by atoms with Crippen molar-refractivity contribution in [2.75, 3.05) is 5.73 Å². The third kappa shape index (κ3) is 1.65. The van der Waals surface area contributed by atoms with Crippen LogP contribution in [0.4, 0.5) is 5.82 Å². The summed E-state index contributed by atoms with van der Waals surface area (Å²) in [6.07, 6.45) is 4.72. The molecule has 0 aromatic carbocycles. The van der Waals surface area contributed by atoms with E-state index in [1.54, 1.807) is 0 Å². The number of anilines is 1. The highest BCUT2D eigenvalue weighted by molar-refractivity contribution is 5.81. The molecule has 2 aromatic rings.